The number of carbonyl (C=O) groups is 2. The fraction of sp³-hybridized carbons (Fsp3) is 0.182. The Bertz CT molecular complexity index is 782. The number of carboxylic acids is 1. The van der Waals surface area contributed by atoms with Gasteiger partial charge in [0.05, 0.1) is 22.6 Å². The quantitative estimate of drug-likeness (QED) is 0.737. The van der Waals surface area contributed by atoms with Crippen LogP contribution in [0.3, 0.4) is 0 Å². The lowest BCUT2D eigenvalue weighted by Gasteiger charge is -2.23. The highest BCUT2D eigenvalue weighted by Crippen LogP contribution is 2.34. The van der Waals surface area contributed by atoms with Gasteiger partial charge in [-0.2, -0.15) is 5.10 Å². The third-order valence-corrected chi connectivity index (χ3v) is 3.52. The third kappa shape index (κ3) is 2.71. The van der Waals surface area contributed by atoms with Crippen LogP contribution in [0.1, 0.15) is 23.7 Å². The molecule has 1 aliphatic rings. The highest BCUT2D eigenvalue weighted by Gasteiger charge is 2.25. The second-order valence-electron chi connectivity index (χ2n) is 4.30. The predicted molar refractivity (Wildman–Crippen MR) is 66.0 cm³/mol. The van der Waals surface area contributed by atoms with Gasteiger partial charge < -0.3 is 14.8 Å². The van der Waals surface area contributed by atoms with Gasteiger partial charge in [0.1, 0.15) is 10.1 Å². The average molecular weight is 312 g/mol. The van der Waals surface area contributed by atoms with Crippen molar-refractivity contribution >= 4 is 33.4 Å². The molecule has 0 aliphatic carbocycles. The van der Waals surface area contributed by atoms with Crippen molar-refractivity contribution in [1.29, 1.82) is 0 Å². The van der Waals surface area contributed by atoms with Crippen molar-refractivity contribution in [2.75, 3.05) is 5.01 Å². The number of carboxylic acid groups (broad SMARTS) is 1. The van der Waals surface area contributed by atoms with Gasteiger partial charge in [0.2, 0.25) is 0 Å². The van der Waals surface area contributed by atoms with Crippen molar-refractivity contribution in [2.45, 2.75) is 18.2 Å². The Kier molecular flexibility index (Phi) is 3.43. The first-order valence-corrected chi connectivity index (χ1v) is 6.93. The maximum Gasteiger partial charge on any atom is 0.335 e. The number of benzene rings is 1. The standard InChI is InChI=1S/C11H10N2O7S/c1-5-2-9(14)13(12-5)8-4-6(21(18,19)20)3-7(10(8)15)11(16)17/h3-4,15H,2H2,1H3,(H,16,17)(H,18,19,20)/p-2. The molecular formula is C11H8N2O7S-2. The molecule has 0 atom stereocenters. The molecule has 2 rings (SSSR count). The summed E-state index contributed by atoms with van der Waals surface area (Å²) >= 11 is 0. The molecule has 112 valence electrons. The van der Waals surface area contributed by atoms with Crippen LogP contribution in [0.2, 0.25) is 0 Å². The van der Waals surface area contributed by atoms with Gasteiger partial charge in [0.25, 0.3) is 5.91 Å². The maximum atomic E-state index is 12.0. The molecule has 1 aromatic rings. The summed E-state index contributed by atoms with van der Waals surface area (Å²) in [6.45, 7) is 1.51. The molecular weight excluding hydrogens is 304 g/mol. The Labute approximate surface area is 118 Å². The molecule has 9 nitrogen and oxygen atoms in total. The number of hydrogen-bond donors (Lipinski definition) is 1. The van der Waals surface area contributed by atoms with Crippen molar-refractivity contribution in [2.24, 2.45) is 5.10 Å². The number of aromatic carboxylic acids is 1. The number of nitrogens with zero attached hydrogens (tertiary/aromatic N) is 2. The highest BCUT2D eigenvalue weighted by molar-refractivity contribution is 7.85. The van der Waals surface area contributed by atoms with E-state index in [-0.39, 0.29) is 6.42 Å². The van der Waals surface area contributed by atoms with Crippen molar-refractivity contribution in [3.05, 3.63) is 17.7 Å². The summed E-state index contributed by atoms with van der Waals surface area (Å²) < 4.78 is 33.1. The number of carbonyl (C=O) groups excluding carboxylic acids is 1. The SMILES string of the molecule is CC1=NN(c2cc(S(=O)(=O)[O-])cc(C(=O)O)c2[O-])C(=O)C1. The summed E-state index contributed by atoms with van der Waals surface area (Å²) in [5.41, 5.74) is -1.13. The molecule has 0 fully saturated rings. The Morgan fingerprint density at radius 3 is 2.48 bits per heavy atom. The Balaban J connectivity index is 2.74. The summed E-state index contributed by atoms with van der Waals surface area (Å²) in [5, 5.41) is 25.2. The van der Waals surface area contributed by atoms with Gasteiger partial charge >= 0.3 is 5.97 Å². The lowest BCUT2D eigenvalue weighted by Crippen LogP contribution is -2.22. The van der Waals surface area contributed by atoms with Crippen molar-refractivity contribution < 1.29 is 32.8 Å². The molecule has 0 radical (unpaired) electrons. The minimum atomic E-state index is -5.00. The van der Waals surface area contributed by atoms with Gasteiger partial charge in [-0.05, 0) is 19.1 Å². The summed E-state index contributed by atoms with van der Waals surface area (Å²) in [4.78, 5) is 21.7. The molecule has 21 heavy (non-hydrogen) atoms. The van der Waals surface area contributed by atoms with Gasteiger partial charge in [-0.15, -0.1) is 0 Å². The van der Waals surface area contributed by atoms with E-state index in [4.69, 9.17) is 5.11 Å². The van der Waals surface area contributed by atoms with Crippen LogP contribution in [0.5, 0.6) is 5.75 Å². The molecule has 0 spiro atoms. The van der Waals surface area contributed by atoms with E-state index in [0.29, 0.717) is 22.9 Å². The summed E-state index contributed by atoms with van der Waals surface area (Å²) in [6.07, 6.45) is -0.0871. The fourth-order valence-corrected chi connectivity index (χ4v) is 2.31. The van der Waals surface area contributed by atoms with Crippen LogP contribution in [-0.4, -0.2) is 35.7 Å². The normalized spacial score (nSPS) is 15.2. The van der Waals surface area contributed by atoms with Gasteiger partial charge in [-0.3, -0.25) is 4.79 Å². The smallest absolute Gasteiger partial charge is 0.335 e. The van der Waals surface area contributed by atoms with E-state index in [0.717, 1.165) is 0 Å². The number of hydrogen-bond acceptors (Lipinski definition) is 7. The molecule has 0 unspecified atom stereocenters. The lowest BCUT2D eigenvalue weighted by atomic mass is 10.1. The molecule has 1 aromatic carbocycles. The maximum absolute atomic E-state index is 12.0. The Morgan fingerprint density at radius 2 is 2.05 bits per heavy atom. The van der Waals surface area contributed by atoms with Gasteiger partial charge in [0, 0.05) is 5.71 Å². The largest absolute Gasteiger partial charge is 0.870 e. The molecule has 1 heterocycles. The Hall–Kier alpha value is -2.46. The molecule has 1 aliphatic heterocycles. The Morgan fingerprint density at radius 1 is 1.43 bits per heavy atom. The number of anilines is 1. The fourth-order valence-electron chi connectivity index (χ4n) is 1.79. The predicted octanol–water partition coefficient (Wildman–Crippen LogP) is -0.525. The first kappa shape index (κ1) is 14.9. The molecule has 10 heteroatoms. The first-order valence-electron chi connectivity index (χ1n) is 5.52. The zero-order valence-electron chi connectivity index (χ0n) is 10.6. The van der Waals surface area contributed by atoms with E-state index < -0.39 is 43.9 Å². The van der Waals surface area contributed by atoms with Crippen LogP contribution in [0.15, 0.2) is 22.1 Å². The van der Waals surface area contributed by atoms with Crippen LogP contribution in [0.25, 0.3) is 0 Å². The van der Waals surface area contributed by atoms with Gasteiger partial charge in [0.15, 0.2) is 0 Å². The second kappa shape index (κ2) is 4.82. The molecule has 1 amide bonds. The van der Waals surface area contributed by atoms with Crippen molar-refractivity contribution in [3.8, 4) is 5.75 Å². The number of amides is 1. The van der Waals surface area contributed by atoms with E-state index >= 15 is 0 Å². The molecule has 0 aromatic heterocycles. The lowest BCUT2D eigenvalue weighted by molar-refractivity contribution is -0.267. The van der Waals surface area contributed by atoms with E-state index in [9.17, 15) is 27.7 Å². The van der Waals surface area contributed by atoms with Crippen LogP contribution in [0, 0.1) is 0 Å². The number of hydrazone groups is 1. The van der Waals surface area contributed by atoms with Crippen LogP contribution >= 0.6 is 0 Å². The zero-order valence-corrected chi connectivity index (χ0v) is 11.4. The third-order valence-electron chi connectivity index (χ3n) is 2.70. The zero-order chi connectivity index (χ0) is 15.9. The monoisotopic (exact) mass is 312 g/mol. The second-order valence-corrected chi connectivity index (χ2v) is 5.68. The summed E-state index contributed by atoms with van der Waals surface area (Å²) in [6, 6.07) is 1.12. The molecule has 1 N–H and O–H groups in total. The van der Waals surface area contributed by atoms with Gasteiger partial charge in [-0.1, -0.05) is 5.75 Å². The average Bonchev–Trinajstić information content (AvgIpc) is 2.66. The topological polar surface area (TPSA) is 150 Å². The van der Waals surface area contributed by atoms with Crippen LogP contribution < -0.4 is 10.1 Å². The van der Waals surface area contributed by atoms with Crippen LogP contribution in [-0.2, 0) is 14.9 Å². The minimum Gasteiger partial charge on any atom is -0.870 e. The molecule has 0 saturated heterocycles. The van der Waals surface area contributed by atoms with Crippen LogP contribution in [0.4, 0.5) is 5.69 Å². The summed E-state index contributed by atoms with van der Waals surface area (Å²) in [5.74, 6) is -3.43. The first-order chi connectivity index (χ1) is 9.61. The van der Waals surface area contributed by atoms with E-state index in [1.54, 1.807) is 0 Å². The minimum absolute atomic E-state index is 0.0871. The molecule has 0 bridgehead atoms. The highest BCUT2D eigenvalue weighted by atomic mass is 32.2. The van der Waals surface area contributed by atoms with E-state index in [1.165, 1.54) is 6.92 Å². The van der Waals surface area contributed by atoms with Gasteiger partial charge in [-0.25, -0.2) is 18.2 Å². The van der Waals surface area contributed by atoms with Crippen molar-refractivity contribution in [3.63, 3.8) is 0 Å². The van der Waals surface area contributed by atoms with E-state index in [2.05, 4.69) is 5.10 Å². The number of rotatable bonds is 3. The molecule has 0 saturated carbocycles. The van der Waals surface area contributed by atoms with E-state index in [1.807, 2.05) is 0 Å². The van der Waals surface area contributed by atoms with Crippen molar-refractivity contribution in [1.82, 2.24) is 0 Å². The summed E-state index contributed by atoms with van der Waals surface area (Å²) in [7, 11) is -5.00.